The Morgan fingerprint density at radius 2 is 1.59 bits per heavy atom. The molecule has 0 saturated heterocycles. The summed E-state index contributed by atoms with van der Waals surface area (Å²) in [4.78, 5) is 23.6. The van der Waals surface area contributed by atoms with Crippen LogP contribution in [0.1, 0.15) is 20.3 Å². The van der Waals surface area contributed by atoms with E-state index in [0.29, 0.717) is 24.4 Å². The molecule has 0 heterocycles. The minimum absolute atomic E-state index is 0.0733. The molecule has 0 spiro atoms. The molecule has 27 heavy (non-hydrogen) atoms. The van der Waals surface area contributed by atoms with Gasteiger partial charge in [0.15, 0.2) is 0 Å². The summed E-state index contributed by atoms with van der Waals surface area (Å²) in [6.07, 6.45) is 0.400. The van der Waals surface area contributed by atoms with E-state index in [9.17, 15) is 9.59 Å². The van der Waals surface area contributed by atoms with Crippen LogP contribution in [0.25, 0.3) is 0 Å². The maximum Gasteiger partial charge on any atom is 0.243 e. The van der Waals surface area contributed by atoms with E-state index in [1.807, 2.05) is 31.2 Å². The Kier molecular flexibility index (Phi) is 7.43. The smallest absolute Gasteiger partial charge is 0.243 e. The fourth-order valence-electron chi connectivity index (χ4n) is 2.19. The van der Waals surface area contributed by atoms with Crippen molar-refractivity contribution in [3.63, 3.8) is 0 Å². The number of nitrogens with one attached hydrogen (secondary N) is 3. The molecule has 3 N–H and O–H groups in total. The average Bonchev–Trinajstić information content (AvgIpc) is 2.65. The maximum atomic E-state index is 12.1. The number of ether oxygens (including phenoxy) is 1. The number of amides is 2. The van der Waals surface area contributed by atoms with Crippen LogP contribution in [-0.4, -0.2) is 25.0 Å². The lowest BCUT2D eigenvalue weighted by Gasteiger charge is -2.10. The summed E-state index contributed by atoms with van der Waals surface area (Å²) < 4.78 is 5.54. The van der Waals surface area contributed by atoms with Crippen LogP contribution < -0.4 is 20.7 Å². The highest BCUT2D eigenvalue weighted by molar-refractivity contribution is 5.95. The van der Waals surface area contributed by atoms with Crippen molar-refractivity contribution in [2.75, 3.05) is 29.1 Å². The van der Waals surface area contributed by atoms with Gasteiger partial charge in [-0.1, -0.05) is 19.6 Å². The second kappa shape index (κ2) is 10.0. The largest absolute Gasteiger partial charge is 0.489 e. The van der Waals surface area contributed by atoms with Gasteiger partial charge in [-0.25, -0.2) is 0 Å². The highest BCUT2D eigenvalue weighted by Crippen LogP contribution is 2.17. The van der Waals surface area contributed by atoms with Crippen LogP contribution in [-0.2, 0) is 9.59 Å². The topological polar surface area (TPSA) is 79.5 Å². The molecule has 2 aromatic rings. The van der Waals surface area contributed by atoms with Gasteiger partial charge in [-0.3, -0.25) is 9.59 Å². The SMILES string of the molecule is C=C(C)COc1ccc(NCC(=O)Nc2cccc(NC(=O)CC)c2)cc1. The molecule has 0 unspecified atom stereocenters. The minimum atomic E-state index is -0.184. The van der Waals surface area contributed by atoms with E-state index >= 15 is 0 Å². The number of carbonyl (C=O) groups excluding carboxylic acids is 2. The number of hydrogen-bond donors (Lipinski definition) is 3. The number of benzene rings is 2. The van der Waals surface area contributed by atoms with Crippen LogP contribution in [0.3, 0.4) is 0 Å². The van der Waals surface area contributed by atoms with Crippen molar-refractivity contribution in [1.82, 2.24) is 0 Å². The third kappa shape index (κ3) is 7.23. The van der Waals surface area contributed by atoms with E-state index < -0.39 is 0 Å². The van der Waals surface area contributed by atoms with Crippen molar-refractivity contribution >= 4 is 28.9 Å². The Balaban J connectivity index is 1.83. The van der Waals surface area contributed by atoms with Crippen molar-refractivity contribution in [2.24, 2.45) is 0 Å². The lowest BCUT2D eigenvalue weighted by atomic mass is 10.2. The van der Waals surface area contributed by atoms with Gasteiger partial charge in [0.25, 0.3) is 0 Å². The Hall–Kier alpha value is -3.28. The fourth-order valence-corrected chi connectivity index (χ4v) is 2.19. The van der Waals surface area contributed by atoms with Gasteiger partial charge in [-0.05, 0) is 55.0 Å². The molecule has 0 bridgehead atoms. The zero-order valence-electron chi connectivity index (χ0n) is 15.7. The average molecular weight is 367 g/mol. The molecular weight excluding hydrogens is 342 g/mol. The number of carbonyl (C=O) groups is 2. The molecule has 142 valence electrons. The van der Waals surface area contributed by atoms with Crippen LogP contribution in [0, 0.1) is 0 Å². The van der Waals surface area contributed by atoms with E-state index in [0.717, 1.165) is 17.0 Å². The van der Waals surface area contributed by atoms with Crippen molar-refractivity contribution in [2.45, 2.75) is 20.3 Å². The molecule has 0 radical (unpaired) electrons. The molecule has 0 saturated carbocycles. The monoisotopic (exact) mass is 367 g/mol. The summed E-state index contributed by atoms with van der Waals surface area (Å²) in [7, 11) is 0. The predicted molar refractivity (Wildman–Crippen MR) is 109 cm³/mol. The van der Waals surface area contributed by atoms with Gasteiger partial charge in [0.1, 0.15) is 12.4 Å². The van der Waals surface area contributed by atoms with Crippen LogP contribution in [0.4, 0.5) is 17.1 Å². The van der Waals surface area contributed by atoms with E-state index in [1.165, 1.54) is 0 Å². The Bertz CT molecular complexity index is 801. The third-order valence-corrected chi connectivity index (χ3v) is 3.54. The molecule has 6 heteroatoms. The molecule has 6 nitrogen and oxygen atoms in total. The summed E-state index contributed by atoms with van der Waals surface area (Å²) in [5, 5.41) is 8.62. The standard InChI is InChI=1S/C21H25N3O3/c1-4-20(25)23-17-6-5-7-18(12-17)24-21(26)13-22-16-8-10-19(11-9-16)27-14-15(2)3/h5-12,22H,2,4,13-14H2,1,3H3,(H,23,25)(H,24,26). The molecule has 0 atom stereocenters. The number of rotatable bonds is 9. The van der Waals surface area contributed by atoms with Crippen molar-refractivity contribution in [1.29, 1.82) is 0 Å². The number of anilines is 3. The van der Waals surface area contributed by atoms with E-state index in [2.05, 4.69) is 22.5 Å². The van der Waals surface area contributed by atoms with Gasteiger partial charge in [0.05, 0.1) is 6.54 Å². The molecular formula is C21H25N3O3. The molecule has 0 fully saturated rings. The van der Waals surface area contributed by atoms with Gasteiger partial charge in [-0.2, -0.15) is 0 Å². The molecule has 2 amide bonds. The lowest BCUT2D eigenvalue weighted by molar-refractivity contribution is -0.116. The fraction of sp³-hybridized carbons (Fsp3) is 0.238. The maximum absolute atomic E-state index is 12.1. The van der Waals surface area contributed by atoms with Gasteiger partial charge < -0.3 is 20.7 Å². The van der Waals surface area contributed by atoms with Crippen molar-refractivity contribution in [3.8, 4) is 5.75 Å². The predicted octanol–water partition coefficient (Wildman–Crippen LogP) is 4.04. The van der Waals surface area contributed by atoms with Crippen LogP contribution in [0.2, 0.25) is 0 Å². The van der Waals surface area contributed by atoms with Crippen molar-refractivity contribution < 1.29 is 14.3 Å². The second-order valence-electron chi connectivity index (χ2n) is 6.15. The van der Waals surface area contributed by atoms with Crippen LogP contribution >= 0.6 is 0 Å². The summed E-state index contributed by atoms with van der Waals surface area (Å²) in [5.41, 5.74) is 3.04. The first-order valence-corrected chi connectivity index (χ1v) is 8.77. The molecule has 0 aliphatic rings. The summed E-state index contributed by atoms with van der Waals surface area (Å²) in [6, 6.07) is 14.4. The molecule has 0 aliphatic heterocycles. The summed E-state index contributed by atoms with van der Waals surface area (Å²) in [5.74, 6) is 0.492. The van der Waals surface area contributed by atoms with Crippen molar-refractivity contribution in [3.05, 3.63) is 60.7 Å². The summed E-state index contributed by atoms with van der Waals surface area (Å²) in [6.45, 7) is 8.08. The second-order valence-corrected chi connectivity index (χ2v) is 6.15. The Morgan fingerprint density at radius 3 is 2.19 bits per heavy atom. The molecule has 2 rings (SSSR count). The first-order valence-electron chi connectivity index (χ1n) is 8.77. The van der Waals surface area contributed by atoms with Gasteiger partial charge >= 0.3 is 0 Å². The first kappa shape index (κ1) is 20.0. The number of hydrogen-bond acceptors (Lipinski definition) is 4. The normalized spacial score (nSPS) is 10.0. The zero-order valence-corrected chi connectivity index (χ0v) is 15.7. The van der Waals surface area contributed by atoms with Gasteiger partial charge in [0.2, 0.25) is 11.8 Å². The quantitative estimate of drug-likeness (QED) is 0.585. The zero-order chi connectivity index (χ0) is 19.6. The van der Waals surface area contributed by atoms with E-state index in [1.54, 1.807) is 31.2 Å². The van der Waals surface area contributed by atoms with Crippen LogP contribution in [0.5, 0.6) is 5.75 Å². The highest BCUT2D eigenvalue weighted by Gasteiger charge is 2.05. The Labute approximate surface area is 159 Å². The summed E-state index contributed by atoms with van der Waals surface area (Å²) >= 11 is 0. The Morgan fingerprint density at radius 1 is 0.963 bits per heavy atom. The van der Waals surface area contributed by atoms with Gasteiger partial charge in [0, 0.05) is 23.5 Å². The van der Waals surface area contributed by atoms with E-state index in [4.69, 9.17) is 4.74 Å². The lowest BCUT2D eigenvalue weighted by Crippen LogP contribution is -2.21. The van der Waals surface area contributed by atoms with Gasteiger partial charge in [-0.15, -0.1) is 0 Å². The van der Waals surface area contributed by atoms with E-state index in [-0.39, 0.29) is 18.4 Å². The first-order chi connectivity index (χ1) is 13.0. The minimum Gasteiger partial charge on any atom is -0.489 e. The highest BCUT2D eigenvalue weighted by atomic mass is 16.5. The van der Waals surface area contributed by atoms with Crippen LogP contribution in [0.15, 0.2) is 60.7 Å². The molecule has 0 aliphatic carbocycles. The molecule has 0 aromatic heterocycles. The molecule has 2 aromatic carbocycles. The third-order valence-electron chi connectivity index (χ3n) is 3.54.